The molecule has 0 radical (unpaired) electrons. The van der Waals surface area contributed by atoms with Crippen molar-refractivity contribution in [3.8, 4) is 0 Å². The third-order valence-electron chi connectivity index (χ3n) is 6.38. The molecular formula is C27H58N3O3+. The first-order valence-corrected chi connectivity index (χ1v) is 13.9. The summed E-state index contributed by atoms with van der Waals surface area (Å²) in [7, 11) is 4.17. The van der Waals surface area contributed by atoms with Crippen LogP contribution in [0.15, 0.2) is 0 Å². The Hall–Kier alpha value is -0.690. The van der Waals surface area contributed by atoms with Gasteiger partial charge in [0.2, 0.25) is 5.91 Å². The first-order chi connectivity index (χ1) is 15.6. The minimum atomic E-state index is -1.99. The summed E-state index contributed by atoms with van der Waals surface area (Å²) in [6.45, 7) is 6.79. The molecule has 6 nitrogen and oxygen atoms in total. The fourth-order valence-electron chi connectivity index (χ4n) is 4.37. The highest BCUT2D eigenvalue weighted by atomic mass is 16.5. The molecule has 0 bridgehead atoms. The van der Waals surface area contributed by atoms with Crippen LogP contribution in [0.4, 0.5) is 0 Å². The van der Waals surface area contributed by atoms with E-state index in [1.54, 1.807) is 0 Å². The molecule has 0 aromatic carbocycles. The molecule has 0 fully saturated rings. The molecule has 0 saturated carbocycles. The molecule has 0 saturated heterocycles. The molecule has 0 aliphatic carbocycles. The van der Waals surface area contributed by atoms with Gasteiger partial charge in [-0.1, -0.05) is 104 Å². The summed E-state index contributed by atoms with van der Waals surface area (Å²) in [5.41, 5.74) is 0. The predicted molar refractivity (Wildman–Crippen MR) is 140 cm³/mol. The predicted octanol–water partition coefficient (Wildman–Crippen LogP) is 5.42. The summed E-state index contributed by atoms with van der Waals surface area (Å²) in [4.78, 5) is 12.4. The van der Waals surface area contributed by atoms with Crippen molar-refractivity contribution in [3.63, 3.8) is 0 Å². The van der Waals surface area contributed by atoms with Crippen LogP contribution in [0, 0.1) is 0 Å². The van der Waals surface area contributed by atoms with Gasteiger partial charge in [0.25, 0.3) is 5.91 Å². The van der Waals surface area contributed by atoms with E-state index in [9.17, 15) is 15.0 Å². The second kappa shape index (κ2) is 19.6. The number of hydrogen-bond acceptors (Lipinski definition) is 4. The van der Waals surface area contributed by atoms with Crippen molar-refractivity contribution in [1.29, 1.82) is 0 Å². The fourth-order valence-corrected chi connectivity index (χ4v) is 4.37. The zero-order valence-electron chi connectivity index (χ0n) is 22.8. The van der Waals surface area contributed by atoms with E-state index in [4.69, 9.17) is 0 Å². The lowest BCUT2D eigenvalue weighted by Crippen LogP contribution is -2.57. The zero-order valence-corrected chi connectivity index (χ0v) is 22.8. The largest absolute Gasteiger partial charge is 0.354 e. The Bertz CT molecular complexity index is 464. The van der Waals surface area contributed by atoms with Gasteiger partial charge in [0.15, 0.2) is 6.54 Å². The number of amides is 1. The molecule has 6 heteroatoms. The molecule has 0 aromatic heterocycles. The topological polar surface area (TPSA) is 81.6 Å². The van der Waals surface area contributed by atoms with Gasteiger partial charge in [0.1, 0.15) is 0 Å². The number of nitrogens with zero attached hydrogens (tertiary/aromatic N) is 1. The Labute approximate surface area is 205 Å². The number of rotatable bonds is 23. The lowest BCUT2D eigenvalue weighted by molar-refractivity contribution is -0.882. The number of nitrogens with one attached hydrogen (secondary N) is 2. The molecule has 1 amide bonds. The fraction of sp³-hybridized carbons (Fsp3) is 0.963. The Morgan fingerprint density at radius 3 is 1.52 bits per heavy atom. The molecule has 1 atom stereocenters. The number of aliphatic hydroxyl groups is 2. The van der Waals surface area contributed by atoms with Crippen LogP contribution in [0.25, 0.3) is 0 Å². The molecule has 0 heterocycles. The second-order valence-electron chi connectivity index (χ2n) is 10.8. The quantitative estimate of drug-likeness (QED) is 0.0908. The summed E-state index contributed by atoms with van der Waals surface area (Å²) >= 11 is 0. The van der Waals surface area contributed by atoms with E-state index < -0.39 is 12.1 Å². The third kappa shape index (κ3) is 22.8. The molecule has 1 unspecified atom stereocenters. The molecule has 0 aliphatic heterocycles. The van der Waals surface area contributed by atoms with E-state index in [2.05, 4.69) is 31.7 Å². The number of carbonyl (C=O) groups is 1. The Morgan fingerprint density at radius 1 is 0.758 bits per heavy atom. The van der Waals surface area contributed by atoms with Crippen molar-refractivity contribution < 1.29 is 19.5 Å². The number of likely N-dealkylation sites (N-methyl/N-ethyl adjacent to an activating group) is 1. The van der Waals surface area contributed by atoms with E-state index in [1.807, 2.05) is 6.92 Å². The van der Waals surface area contributed by atoms with Gasteiger partial charge in [-0.05, 0) is 19.3 Å². The monoisotopic (exact) mass is 472 g/mol. The normalized spacial score (nSPS) is 13.3. The molecule has 0 spiro atoms. The van der Waals surface area contributed by atoms with Gasteiger partial charge >= 0.3 is 0 Å². The lowest BCUT2D eigenvalue weighted by atomic mass is 10.0. The Kier molecular flexibility index (Phi) is 19.2. The number of unbranched alkanes of at least 4 members (excludes halogenated alkanes) is 15. The molecule has 33 heavy (non-hydrogen) atoms. The van der Waals surface area contributed by atoms with E-state index in [1.165, 1.54) is 103 Å². The van der Waals surface area contributed by atoms with Crippen molar-refractivity contribution in [2.75, 3.05) is 27.2 Å². The highest BCUT2D eigenvalue weighted by Crippen LogP contribution is 2.14. The summed E-state index contributed by atoms with van der Waals surface area (Å²) < 4.78 is 0.649. The number of carbonyl (C=O) groups excluding carboxylic acids is 1. The molecule has 4 N–H and O–H groups in total. The van der Waals surface area contributed by atoms with E-state index in [-0.39, 0.29) is 5.91 Å². The van der Waals surface area contributed by atoms with Gasteiger partial charge in [-0.3, -0.25) is 4.79 Å². The van der Waals surface area contributed by atoms with Crippen LogP contribution in [0.3, 0.4) is 0 Å². The van der Waals surface area contributed by atoms with Crippen LogP contribution >= 0.6 is 0 Å². The molecule has 0 aliphatic rings. The second-order valence-corrected chi connectivity index (χ2v) is 10.8. The Morgan fingerprint density at radius 2 is 1.15 bits per heavy atom. The molecule has 0 rings (SSSR count). The molecular weight excluding hydrogens is 414 g/mol. The minimum Gasteiger partial charge on any atom is -0.354 e. The first kappa shape index (κ1) is 32.3. The summed E-state index contributed by atoms with van der Waals surface area (Å²) in [6, 6.07) is 0. The maximum atomic E-state index is 12.4. The van der Waals surface area contributed by atoms with Gasteiger partial charge in [-0.25, -0.2) is 5.32 Å². The van der Waals surface area contributed by atoms with Gasteiger partial charge < -0.3 is 20.0 Å². The molecule has 0 aromatic rings. The zero-order chi connectivity index (χ0) is 25.0. The van der Waals surface area contributed by atoms with Gasteiger partial charge in [0.05, 0.1) is 26.8 Å². The average molecular weight is 473 g/mol. The minimum absolute atomic E-state index is 0.0694. The first-order valence-electron chi connectivity index (χ1n) is 13.9. The van der Waals surface area contributed by atoms with Crippen LogP contribution in [0.2, 0.25) is 0 Å². The van der Waals surface area contributed by atoms with Crippen molar-refractivity contribution in [3.05, 3.63) is 0 Å². The van der Waals surface area contributed by atoms with E-state index in [0.717, 1.165) is 13.0 Å². The number of hydrogen-bond donors (Lipinski definition) is 4. The van der Waals surface area contributed by atoms with Crippen molar-refractivity contribution in [2.24, 2.45) is 0 Å². The van der Waals surface area contributed by atoms with Crippen LogP contribution in [-0.4, -0.2) is 59.9 Å². The van der Waals surface area contributed by atoms with Crippen molar-refractivity contribution in [2.45, 2.75) is 142 Å². The summed E-state index contributed by atoms with van der Waals surface area (Å²) in [5.74, 6) is -2.06. The lowest BCUT2D eigenvalue weighted by Gasteiger charge is -2.31. The van der Waals surface area contributed by atoms with Gasteiger partial charge in [-0.2, -0.15) is 0 Å². The number of quaternary nitrogens is 1. The van der Waals surface area contributed by atoms with E-state index in [0.29, 0.717) is 17.4 Å². The van der Waals surface area contributed by atoms with Crippen molar-refractivity contribution >= 4 is 5.91 Å². The van der Waals surface area contributed by atoms with Gasteiger partial charge in [-0.15, -0.1) is 0 Å². The maximum Gasteiger partial charge on any atom is 0.276 e. The van der Waals surface area contributed by atoms with Crippen LogP contribution < -0.4 is 10.6 Å². The smallest absolute Gasteiger partial charge is 0.276 e. The van der Waals surface area contributed by atoms with Crippen LogP contribution in [-0.2, 0) is 4.79 Å². The Balaban J connectivity index is 3.63. The third-order valence-corrected chi connectivity index (χ3v) is 6.38. The highest BCUT2D eigenvalue weighted by Gasteiger charge is 2.24. The highest BCUT2D eigenvalue weighted by molar-refractivity contribution is 5.77. The van der Waals surface area contributed by atoms with Crippen molar-refractivity contribution in [1.82, 2.24) is 10.6 Å². The summed E-state index contributed by atoms with van der Waals surface area (Å²) in [5, 5.41) is 24.4. The molecule has 198 valence electrons. The maximum absolute atomic E-state index is 12.4. The van der Waals surface area contributed by atoms with E-state index >= 15 is 0 Å². The average Bonchev–Trinajstić information content (AvgIpc) is 2.71. The van der Waals surface area contributed by atoms with Gasteiger partial charge in [0, 0.05) is 6.92 Å². The van der Waals surface area contributed by atoms with Crippen LogP contribution in [0.5, 0.6) is 0 Å². The van der Waals surface area contributed by atoms with Crippen LogP contribution in [0.1, 0.15) is 130 Å². The standard InChI is InChI=1S/C27H57N3O3/c1-6-8-9-10-11-12-13-14-15-16-17-18-19-20-21-22-23-30(4,5)24-26(31)28-25(7-2)29-27(3,32)33/h25,29,32-33H,6-24H2,1-5H3/p+1. The SMILES string of the molecule is CCCCCCCCCCCCCCCCCC[N+](C)(C)CC(=O)NC(CC)NC(C)(O)O. The summed E-state index contributed by atoms with van der Waals surface area (Å²) in [6.07, 6.45) is 22.0.